The highest BCUT2D eigenvalue weighted by atomic mass is 31.2. The Morgan fingerprint density at radius 3 is 2.31 bits per heavy atom. The second-order valence-corrected chi connectivity index (χ2v) is 12.7. The lowest BCUT2D eigenvalue weighted by atomic mass is 9.91. The summed E-state index contributed by atoms with van der Waals surface area (Å²) in [6, 6.07) is 9.51. The molecular weight excluding hydrogens is 493 g/mol. The van der Waals surface area contributed by atoms with Crippen molar-refractivity contribution >= 4 is 7.60 Å². The van der Waals surface area contributed by atoms with Crippen molar-refractivity contribution in [1.82, 2.24) is 5.06 Å². The summed E-state index contributed by atoms with van der Waals surface area (Å²) in [6.45, 7) is 9.42. The van der Waals surface area contributed by atoms with Gasteiger partial charge in [0.25, 0.3) is 0 Å². The number of hydrogen-bond acceptors (Lipinski definition) is 11. The topological polar surface area (TPSA) is 114 Å². The van der Waals surface area contributed by atoms with E-state index in [0.29, 0.717) is 0 Å². The summed E-state index contributed by atoms with van der Waals surface area (Å²) < 4.78 is 60.5. The molecule has 3 aliphatic rings. The molecule has 1 aromatic carbocycles. The van der Waals surface area contributed by atoms with E-state index in [1.807, 2.05) is 51.1 Å². The van der Waals surface area contributed by atoms with Gasteiger partial charge in [-0.2, -0.15) is 0 Å². The van der Waals surface area contributed by atoms with Crippen LogP contribution in [-0.2, 0) is 48.6 Å². The van der Waals surface area contributed by atoms with Gasteiger partial charge in [0.1, 0.15) is 23.9 Å². The highest BCUT2D eigenvalue weighted by Crippen LogP contribution is 2.56. The van der Waals surface area contributed by atoms with Gasteiger partial charge >= 0.3 is 7.60 Å². The fourth-order valence-corrected chi connectivity index (χ4v) is 6.48. The maximum Gasteiger partial charge on any atom is 0.351 e. The van der Waals surface area contributed by atoms with Crippen LogP contribution in [0.4, 0.5) is 0 Å². The van der Waals surface area contributed by atoms with Crippen molar-refractivity contribution in [2.24, 2.45) is 0 Å². The minimum atomic E-state index is -3.86. The Balaban J connectivity index is 1.59. The summed E-state index contributed by atoms with van der Waals surface area (Å²) in [6.07, 6.45) is -2.97. The van der Waals surface area contributed by atoms with Gasteiger partial charge < -0.3 is 42.7 Å². The number of nitrogens with zero attached hydrogens (tertiary/aromatic N) is 1. The lowest BCUT2D eigenvalue weighted by Crippen LogP contribution is -2.52. The maximum atomic E-state index is 13.5. The number of rotatable bonds is 10. The summed E-state index contributed by atoms with van der Waals surface area (Å²) in [5, 5.41) is 12.3. The Morgan fingerprint density at radius 2 is 1.72 bits per heavy atom. The Bertz CT molecular complexity index is 938. The fourth-order valence-electron chi connectivity index (χ4n) is 5.13. The first kappa shape index (κ1) is 28.1. The van der Waals surface area contributed by atoms with Crippen LogP contribution >= 0.6 is 7.60 Å². The van der Waals surface area contributed by atoms with Gasteiger partial charge in [-0.1, -0.05) is 30.3 Å². The molecule has 204 valence electrons. The van der Waals surface area contributed by atoms with E-state index < -0.39 is 55.1 Å². The van der Waals surface area contributed by atoms with E-state index in [-0.39, 0.29) is 19.8 Å². The minimum Gasteiger partial charge on any atom is -0.374 e. The third-order valence-corrected chi connectivity index (χ3v) is 8.87. The van der Waals surface area contributed by atoms with E-state index in [1.165, 1.54) is 14.2 Å². The number of hydrogen-bond donors (Lipinski definition) is 1. The number of hydroxylamine groups is 2. The minimum absolute atomic E-state index is 0.168. The van der Waals surface area contributed by atoms with E-state index in [9.17, 15) is 9.77 Å². The van der Waals surface area contributed by atoms with Crippen LogP contribution in [0.15, 0.2) is 30.3 Å². The molecule has 0 aromatic heterocycles. The Kier molecular flexibility index (Phi) is 8.04. The monoisotopic (exact) mass is 531 g/mol. The van der Waals surface area contributed by atoms with Gasteiger partial charge in [-0.3, -0.25) is 4.57 Å². The molecule has 1 aromatic rings. The van der Waals surface area contributed by atoms with Crippen LogP contribution in [0.25, 0.3) is 0 Å². The number of fused-ring (bicyclic) bond motifs is 1. The summed E-state index contributed by atoms with van der Waals surface area (Å²) in [7, 11) is -1.34. The molecule has 0 bridgehead atoms. The van der Waals surface area contributed by atoms with Gasteiger partial charge in [-0.25, -0.2) is 0 Å². The third kappa shape index (κ3) is 5.43. The second-order valence-electron chi connectivity index (χ2n) is 10.3. The Hall–Kier alpha value is -0.950. The highest BCUT2D eigenvalue weighted by Gasteiger charge is 2.68. The molecule has 0 amide bonds. The van der Waals surface area contributed by atoms with Gasteiger partial charge in [0, 0.05) is 14.2 Å². The largest absolute Gasteiger partial charge is 0.374 e. The van der Waals surface area contributed by atoms with Crippen molar-refractivity contribution in [3.05, 3.63) is 35.9 Å². The maximum absolute atomic E-state index is 13.5. The van der Waals surface area contributed by atoms with Crippen molar-refractivity contribution in [2.75, 3.05) is 27.4 Å². The van der Waals surface area contributed by atoms with Crippen molar-refractivity contribution in [1.29, 1.82) is 0 Å². The molecule has 0 radical (unpaired) electrons. The third-order valence-electron chi connectivity index (χ3n) is 6.74. The molecule has 6 atom stereocenters. The van der Waals surface area contributed by atoms with Gasteiger partial charge in [-0.15, -0.1) is 5.06 Å². The summed E-state index contributed by atoms with van der Waals surface area (Å²) >= 11 is 0. The van der Waals surface area contributed by atoms with Crippen LogP contribution in [-0.4, -0.2) is 85.2 Å². The normalized spacial score (nSPS) is 34.2. The zero-order chi connectivity index (χ0) is 26.4. The smallest absolute Gasteiger partial charge is 0.351 e. The van der Waals surface area contributed by atoms with Crippen LogP contribution in [0.2, 0.25) is 0 Å². The van der Waals surface area contributed by atoms with Gasteiger partial charge in [0.15, 0.2) is 23.6 Å². The van der Waals surface area contributed by atoms with Gasteiger partial charge in [-0.05, 0) is 40.2 Å². The standard InChI is InChI=1S/C24H38NO10P/c1-22(2)31-14-17(33-22)19-24(5)20(34-23(3,4)35-24)21(32-19)25(26)18(36(27,28-6)29-7)15-30-13-16-11-9-8-10-12-16/h8-12,17-21,26H,13-15H2,1-7H3/t17-,18+,19-,20-,21+,24+/m1/s1. The lowest BCUT2D eigenvalue weighted by molar-refractivity contribution is -0.283. The Morgan fingerprint density at radius 1 is 1.06 bits per heavy atom. The van der Waals surface area contributed by atoms with Crippen LogP contribution in [0.5, 0.6) is 0 Å². The first-order valence-electron chi connectivity index (χ1n) is 12.0. The van der Waals surface area contributed by atoms with Crippen molar-refractivity contribution < 1.29 is 47.2 Å². The van der Waals surface area contributed by atoms with Gasteiger partial charge in [0.2, 0.25) is 0 Å². The van der Waals surface area contributed by atoms with E-state index in [4.69, 9.17) is 37.5 Å². The molecule has 12 heteroatoms. The van der Waals surface area contributed by atoms with Crippen molar-refractivity contribution in [3.63, 3.8) is 0 Å². The van der Waals surface area contributed by atoms with E-state index in [0.717, 1.165) is 10.6 Å². The molecule has 4 rings (SSSR count). The predicted octanol–water partition coefficient (Wildman–Crippen LogP) is 3.49. The average Bonchev–Trinajstić information content (AvgIpc) is 3.40. The summed E-state index contributed by atoms with van der Waals surface area (Å²) in [4.78, 5) is 0. The Labute approximate surface area is 212 Å². The lowest BCUT2D eigenvalue weighted by Gasteiger charge is -2.35. The molecular formula is C24H38NO10P. The van der Waals surface area contributed by atoms with Crippen LogP contribution in [0.3, 0.4) is 0 Å². The number of benzene rings is 1. The highest BCUT2D eigenvalue weighted by molar-refractivity contribution is 7.54. The predicted molar refractivity (Wildman–Crippen MR) is 127 cm³/mol. The molecule has 0 saturated carbocycles. The first-order chi connectivity index (χ1) is 16.8. The molecule has 11 nitrogen and oxygen atoms in total. The summed E-state index contributed by atoms with van der Waals surface area (Å²) in [5.74, 6) is -2.96. The van der Waals surface area contributed by atoms with Crippen LogP contribution in [0, 0.1) is 0 Å². The number of ether oxygens (including phenoxy) is 6. The van der Waals surface area contributed by atoms with Crippen LogP contribution < -0.4 is 0 Å². The molecule has 3 aliphatic heterocycles. The van der Waals surface area contributed by atoms with Crippen molar-refractivity contribution in [3.8, 4) is 0 Å². The van der Waals surface area contributed by atoms with Crippen molar-refractivity contribution in [2.45, 2.75) is 88.7 Å². The van der Waals surface area contributed by atoms with E-state index in [1.54, 1.807) is 13.8 Å². The average molecular weight is 532 g/mol. The SMILES string of the molecule is COP(=O)(OC)[C@@H](COCc1ccccc1)N(O)[C@H]1O[C@H]([C@H]2COC(C)(C)O2)[C@]2(C)OC(C)(C)O[C@H]12. The molecule has 3 saturated heterocycles. The molecule has 3 fully saturated rings. The zero-order valence-corrected chi connectivity index (χ0v) is 22.8. The second kappa shape index (κ2) is 10.3. The molecule has 0 unspecified atom stereocenters. The van der Waals surface area contributed by atoms with E-state index in [2.05, 4.69) is 0 Å². The van der Waals surface area contributed by atoms with E-state index >= 15 is 0 Å². The fraction of sp³-hybridized carbons (Fsp3) is 0.750. The van der Waals surface area contributed by atoms with Gasteiger partial charge in [0.05, 0.1) is 19.8 Å². The summed E-state index contributed by atoms with van der Waals surface area (Å²) in [5.41, 5.74) is -0.0752. The molecule has 0 spiro atoms. The quantitative estimate of drug-likeness (QED) is 0.353. The molecule has 3 heterocycles. The zero-order valence-electron chi connectivity index (χ0n) is 21.9. The molecule has 1 N–H and O–H groups in total. The van der Waals surface area contributed by atoms with Crippen LogP contribution in [0.1, 0.15) is 40.2 Å². The first-order valence-corrected chi connectivity index (χ1v) is 13.6. The molecule has 36 heavy (non-hydrogen) atoms. The molecule has 0 aliphatic carbocycles.